The summed E-state index contributed by atoms with van der Waals surface area (Å²) in [5.41, 5.74) is 3.75. The molecule has 0 unspecified atom stereocenters. The van der Waals surface area contributed by atoms with E-state index < -0.39 is 23.3 Å². The van der Waals surface area contributed by atoms with Gasteiger partial charge in [-0.2, -0.15) is 5.10 Å². The Balaban J connectivity index is 1.18. The molecule has 0 atom stereocenters. The second kappa shape index (κ2) is 8.90. The van der Waals surface area contributed by atoms with Crippen molar-refractivity contribution in [2.24, 2.45) is 5.92 Å². The third-order valence-corrected chi connectivity index (χ3v) is 7.08. The third-order valence-electron chi connectivity index (χ3n) is 6.26. The van der Waals surface area contributed by atoms with Crippen LogP contribution in [0, 0.1) is 17.6 Å². The van der Waals surface area contributed by atoms with Gasteiger partial charge in [0.25, 0.3) is 5.91 Å². The van der Waals surface area contributed by atoms with Crippen molar-refractivity contribution in [2.45, 2.75) is 31.7 Å². The molecule has 0 aliphatic heterocycles. The minimum atomic E-state index is -1.15. The molecule has 1 fully saturated rings. The van der Waals surface area contributed by atoms with Gasteiger partial charge in [0.2, 0.25) is 0 Å². The Morgan fingerprint density at radius 2 is 1.91 bits per heavy atom. The number of benzene rings is 2. The first-order chi connectivity index (χ1) is 16.0. The van der Waals surface area contributed by atoms with E-state index in [9.17, 15) is 18.7 Å². The maximum atomic E-state index is 13.5. The first-order valence-corrected chi connectivity index (χ1v) is 11.7. The number of rotatable bonds is 5. The zero-order chi connectivity index (χ0) is 22.9. The van der Waals surface area contributed by atoms with Gasteiger partial charge in [0.15, 0.2) is 17.4 Å². The highest BCUT2D eigenvalue weighted by Gasteiger charge is 2.24. The summed E-state index contributed by atoms with van der Waals surface area (Å²) < 4.78 is 29.0. The molecule has 1 saturated carbocycles. The van der Waals surface area contributed by atoms with Crippen LogP contribution in [0.15, 0.2) is 48.2 Å². The van der Waals surface area contributed by atoms with Crippen molar-refractivity contribution >= 4 is 28.1 Å². The number of amides is 1. The Labute approximate surface area is 192 Å². The number of fused-ring (bicyclic) bond motifs is 1. The van der Waals surface area contributed by atoms with Gasteiger partial charge in [0.1, 0.15) is 0 Å². The van der Waals surface area contributed by atoms with Crippen LogP contribution in [0.2, 0.25) is 0 Å². The summed E-state index contributed by atoms with van der Waals surface area (Å²) in [6, 6.07) is 8.25. The molecule has 6 nitrogen and oxygen atoms in total. The van der Waals surface area contributed by atoms with Gasteiger partial charge in [-0.3, -0.25) is 14.5 Å². The Morgan fingerprint density at radius 1 is 1.15 bits per heavy atom. The minimum Gasteiger partial charge on any atom is -0.503 e. The Kier molecular flexibility index (Phi) is 5.80. The highest BCUT2D eigenvalue weighted by molar-refractivity contribution is 7.13. The second-order valence-corrected chi connectivity index (χ2v) is 9.31. The number of thiazole rings is 1. The lowest BCUT2D eigenvalue weighted by atomic mass is 9.86. The number of halogens is 2. The van der Waals surface area contributed by atoms with E-state index >= 15 is 0 Å². The predicted molar refractivity (Wildman–Crippen MR) is 122 cm³/mol. The van der Waals surface area contributed by atoms with Gasteiger partial charge < -0.3 is 10.4 Å². The number of phenolic OH excluding ortho intramolecular Hbond substituents is 1. The summed E-state index contributed by atoms with van der Waals surface area (Å²) in [7, 11) is 0. The SMILES string of the molecule is O=C(NC[C@H]1CC[C@H](n2cc3ccc(-c4cncs4)cc3n2)CC1)c1cc(F)c(O)c(F)c1. The van der Waals surface area contributed by atoms with Crippen molar-refractivity contribution in [1.29, 1.82) is 0 Å². The van der Waals surface area contributed by atoms with Crippen LogP contribution in [-0.4, -0.2) is 32.3 Å². The van der Waals surface area contributed by atoms with E-state index in [2.05, 4.69) is 39.4 Å². The number of aromatic nitrogens is 3. The van der Waals surface area contributed by atoms with Crippen molar-refractivity contribution < 1.29 is 18.7 Å². The number of aromatic hydroxyl groups is 1. The van der Waals surface area contributed by atoms with Crippen LogP contribution < -0.4 is 5.32 Å². The van der Waals surface area contributed by atoms with Crippen molar-refractivity contribution in [3.63, 3.8) is 0 Å². The first-order valence-electron chi connectivity index (χ1n) is 10.8. The lowest BCUT2D eigenvalue weighted by Crippen LogP contribution is -2.31. The molecule has 170 valence electrons. The molecule has 2 heterocycles. The van der Waals surface area contributed by atoms with Gasteiger partial charge >= 0.3 is 0 Å². The lowest BCUT2D eigenvalue weighted by Gasteiger charge is -2.28. The molecule has 33 heavy (non-hydrogen) atoms. The zero-order valence-corrected chi connectivity index (χ0v) is 18.5. The molecule has 0 saturated heterocycles. The molecule has 9 heteroatoms. The Hall–Kier alpha value is -3.33. The maximum Gasteiger partial charge on any atom is 0.251 e. The number of nitrogens with one attached hydrogen (secondary N) is 1. The van der Waals surface area contributed by atoms with Crippen molar-refractivity contribution in [2.75, 3.05) is 6.54 Å². The quantitative estimate of drug-likeness (QED) is 0.416. The van der Waals surface area contributed by atoms with Crippen LogP contribution in [0.25, 0.3) is 21.3 Å². The fraction of sp³-hybridized carbons (Fsp3) is 0.292. The molecule has 1 aliphatic carbocycles. The van der Waals surface area contributed by atoms with Crippen LogP contribution in [0.4, 0.5) is 8.78 Å². The van der Waals surface area contributed by atoms with E-state index in [1.54, 1.807) is 11.3 Å². The molecular weight excluding hydrogens is 446 g/mol. The van der Waals surface area contributed by atoms with E-state index in [0.29, 0.717) is 18.5 Å². The van der Waals surface area contributed by atoms with Gasteiger partial charge in [-0.05, 0) is 55.4 Å². The number of hydrogen-bond acceptors (Lipinski definition) is 5. The summed E-state index contributed by atoms with van der Waals surface area (Å²) in [6.45, 7) is 0.439. The van der Waals surface area contributed by atoms with Gasteiger partial charge in [-0.25, -0.2) is 8.78 Å². The van der Waals surface area contributed by atoms with Crippen LogP contribution in [0.5, 0.6) is 5.75 Å². The normalized spacial score (nSPS) is 18.5. The molecule has 0 bridgehead atoms. The Morgan fingerprint density at radius 3 is 2.61 bits per heavy atom. The van der Waals surface area contributed by atoms with Gasteiger partial charge in [0, 0.05) is 29.9 Å². The van der Waals surface area contributed by atoms with Gasteiger partial charge in [-0.15, -0.1) is 11.3 Å². The smallest absolute Gasteiger partial charge is 0.251 e. The number of hydrogen-bond donors (Lipinski definition) is 2. The van der Waals surface area contributed by atoms with E-state index in [0.717, 1.165) is 59.2 Å². The summed E-state index contributed by atoms with van der Waals surface area (Å²) in [4.78, 5) is 17.5. The van der Waals surface area contributed by atoms with Crippen LogP contribution >= 0.6 is 11.3 Å². The molecule has 2 aromatic heterocycles. The largest absolute Gasteiger partial charge is 0.503 e. The lowest BCUT2D eigenvalue weighted by molar-refractivity contribution is 0.0940. The fourth-order valence-electron chi connectivity index (χ4n) is 4.38. The van der Waals surface area contributed by atoms with E-state index in [1.165, 1.54) is 0 Å². The molecule has 0 radical (unpaired) electrons. The average molecular weight is 469 g/mol. The van der Waals surface area contributed by atoms with Gasteiger partial charge in [-0.1, -0.05) is 12.1 Å². The van der Waals surface area contributed by atoms with Crippen LogP contribution in [0.1, 0.15) is 42.1 Å². The average Bonchev–Trinajstić information content (AvgIpc) is 3.50. The molecule has 0 spiro atoms. The predicted octanol–water partition coefficient (Wildman–Crippen LogP) is 5.30. The zero-order valence-electron chi connectivity index (χ0n) is 17.7. The van der Waals surface area contributed by atoms with Crippen molar-refractivity contribution in [3.8, 4) is 16.2 Å². The Bertz CT molecular complexity index is 1270. The topological polar surface area (TPSA) is 80.0 Å². The monoisotopic (exact) mass is 468 g/mol. The molecular formula is C24H22F2N4O2S. The minimum absolute atomic E-state index is 0.141. The highest BCUT2D eigenvalue weighted by Crippen LogP contribution is 2.33. The van der Waals surface area contributed by atoms with Crippen molar-refractivity contribution in [1.82, 2.24) is 20.1 Å². The van der Waals surface area contributed by atoms with Crippen molar-refractivity contribution in [3.05, 3.63) is 65.4 Å². The summed E-state index contributed by atoms with van der Waals surface area (Å²) in [6.07, 6.45) is 7.68. The summed E-state index contributed by atoms with van der Waals surface area (Å²) in [5, 5.41) is 17.8. The molecule has 4 aromatic rings. The molecule has 1 aliphatic rings. The fourth-order valence-corrected chi connectivity index (χ4v) is 5.00. The summed E-state index contributed by atoms with van der Waals surface area (Å²) >= 11 is 1.60. The highest BCUT2D eigenvalue weighted by atomic mass is 32.1. The second-order valence-electron chi connectivity index (χ2n) is 8.42. The summed E-state index contributed by atoms with van der Waals surface area (Å²) in [5.74, 6) is -3.63. The van der Waals surface area contributed by atoms with E-state index in [-0.39, 0.29) is 5.56 Å². The van der Waals surface area contributed by atoms with Crippen LogP contribution in [-0.2, 0) is 0 Å². The van der Waals surface area contributed by atoms with E-state index in [1.807, 2.05) is 11.7 Å². The number of carbonyl (C=O) groups excluding carboxylic acids is 1. The van der Waals surface area contributed by atoms with Gasteiger partial charge in [0.05, 0.1) is 21.9 Å². The number of carbonyl (C=O) groups is 1. The van der Waals surface area contributed by atoms with Crippen LogP contribution in [0.3, 0.4) is 0 Å². The molecule has 2 N–H and O–H groups in total. The maximum absolute atomic E-state index is 13.5. The molecule has 1 amide bonds. The number of phenols is 1. The first kappa shape index (κ1) is 21.5. The molecule has 5 rings (SSSR count). The third kappa shape index (κ3) is 4.45. The standard InChI is InChI=1S/C24H22F2N4O2S/c25-19-7-17(8-20(26)23(19)31)24(32)28-10-14-1-5-18(6-2-14)30-12-16-4-3-15(9-21(16)29-30)22-11-27-13-33-22/h3-4,7-9,11-14,18,31H,1-2,5-6,10H2,(H,28,32)/t14-,18-. The van der Waals surface area contributed by atoms with E-state index in [4.69, 9.17) is 5.10 Å². The molecule has 2 aromatic carbocycles. The number of nitrogens with zero attached hydrogens (tertiary/aromatic N) is 3.